The molecule has 9 nitrogen and oxygen atoms in total. The molecule has 2 amide bonds. The molecule has 3 aromatic rings. The lowest BCUT2D eigenvalue weighted by Gasteiger charge is -2.26. The number of rotatable bonds is 3. The Hall–Kier alpha value is -4.20. The fraction of sp³-hybridized carbons (Fsp3) is 0.321. The molecule has 0 aliphatic carbocycles. The number of anilines is 1. The predicted molar refractivity (Wildman–Crippen MR) is 136 cm³/mol. The van der Waals surface area contributed by atoms with E-state index in [2.05, 4.69) is 22.3 Å². The number of ether oxygens (including phenoxy) is 2. The van der Waals surface area contributed by atoms with E-state index in [1.807, 2.05) is 0 Å². The summed E-state index contributed by atoms with van der Waals surface area (Å²) in [5.74, 6) is 5.74. The Morgan fingerprint density at radius 1 is 1.21 bits per heavy atom. The Morgan fingerprint density at radius 2 is 1.97 bits per heavy atom. The molecule has 0 saturated carbocycles. The molecular weight excluding hydrogens is 491 g/mol. The van der Waals surface area contributed by atoms with E-state index >= 15 is 0 Å². The lowest BCUT2D eigenvalue weighted by Crippen LogP contribution is -2.50. The van der Waals surface area contributed by atoms with Gasteiger partial charge in [-0.2, -0.15) is 9.78 Å². The van der Waals surface area contributed by atoms with E-state index in [0.29, 0.717) is 49.5 Å². The molecule has 2 aliphatic rings. The maximum absolute atomic E-state index is 13.2. The smallest absolute Gasteiger partial charge is 0.342 e. The lowest BCUT2D eigenvalue weighted by atomic mass is 9.95. The average molecular weight is 519 g/mol. The number of aromatic nitrogens is 2. The first kappa shape index (κ1) is 25.4. The normalized spacial score (nSPS) is 18.4. The van der Waals surface area contributed by atoms with Crippen LogP contribution in [0.2, 0.25) is 0 Å². The summed E-state index contributed by atoms with van der Waals surface area (Å²) >= 11 is 0. The minimum atomic E-state index is -1.09. The lowest BCUT2D eigenvalue weighted by molar-refractivity contribution is -0.120. The monoisotopic (exact) mass is 518 g/mol. The minimum absolute atomic E-state index is 0.0591. The van der Waals surface area contributed by atoms with Crippen LogP contribution in [0.4, 0.5) is 14.9 Å². The third-order valence-corrected chi connectivity index (χ3v) is 6.58. The van der Waals surface area contributed by atoms with Crippen molar-refractivity contribution in [2.45, 2.75) is 30.9 Å². The second kappa shape index (κ2) is 10.7. The van der Waals surface area contributed by atoms with Crippen LogP contribution in [-0.2, 0) is 16.0 Å². The van der Waals surface area contributed by atoms with Crippen LogP contribution in [0.1, 0.15) is 29.5 Å². The molecule has 5 rings (SSSR count). The van der Waals surface area contributed by atoms with Gasteiger partial charge in [0.15, 0.2) is 0 Å². The zero-order valence-electron chi connectivity index (χ0n) is 20.8. The number of carbonyl (C=O) groups excluding carboxylic acids is 2. The van der Waals surface area contributed by atoms with E-state index in [1.165, 1.54) is 17.0 Å². The van der Waals surface area contributed by atoms with Gasteiger partial charge in [0, 0.05) is 38.1 Å². The van der Waals surface area contributed by atoms with Crippen molar-refractivity contribution in [1.29, 1.82) is 0 Å². The van der Waals surface area contributed by atoms with Crippen LogP contribution in [0.25, 0.3) is 0 Å². The predicted octanol–water partition coefficient (Wildman–Crippen LogP) is 2.49. The number of nitrogens with one attached hydrogen (secondary N) is 1. The number of hydrogen-bond acceptors (Lipinski definition) is 6. The quantitative estimate of drug-likeness (QED) is 0.517. The highest BCUT2D eigenvalue weighted by atomic mass is 19.1. The molecule has 2 N–H and O–H groups in total. The molecule has 3 heterocycles. The van der Waals surface area contributed by atoms with Crippen molar-refractivity contribution in [1.82, 2.24) is 15.1 Å². The van der Waals surface area contributed by atoms with E-state index in [-0.39, 0.29) is 18.3 Å². The highest BCUT2D eigenvalue weighted by Crippen LogP contribution is 2.31. The van der Waals surface area contributed by atoms with Gasteiger partial charge >= 0.3 is 6.03 Å². The second-order valence-electron chi connectivity index (χ2n) is 9.38. The van der Waals surface area contributed by atoms with E-state index < -0.39 is 17.7 Å². The van der Waals surface area contributed by atoms with Crippen molar-refractivity contribution in [2.75, 3.05) is 31.8 Å². The van der Waals surface area contributed by atoms with E-state index in [1.54, 1.807) is 49.8 Å². The number of hydrogen-bond donors (Lipinski definition) is 2. The molecule has 0 radical (unpaired) electrons. The van der Waals surface area contributed by atoms with Crippen LogP contribution >= 0.6 is 0 Å². The summed E-state index contributed by atoms with van der Waals surface area (Å²) in [6.07, 6.45) is 4.48. The van der Waals surface area contributed by atoms with Crippen LogP contribution < -0.4 is 15.0 Å². The molecule has 2 aromatic carbocycles. The Balaban J connectivity index is 1.25. The van der Waals surface area contributed by atoms with Gasteiger partial charge in [-0.25, -0.2) is 9.18 Å². The Bertz CT molecular complexity index is 1400. The van der Waals surface area contributed by atoms with Crippen LogP contribution in [-0.4, -0.2) is 65.3 Å². The molecule has 2 aliphatic heterocycles. The standard InChI is InChI=1S/C28H27FN4O5/c1-32-24-15-20(8-9-28(36)10-12-37-13-11-28)4-7-25(24)38-18-23(26(32)34)31-27(35)33-17-21(16-30-33)14-19-2-5-22(29)6-3-19/h2-7,15-17,23,36H,10-14,18H2,1H3,(H,31,35)/t23-/m1/s1. The largest absolute Gasteiger partial charge is 0.489 e. The van der Waals surface area contributed by atoms with Gasteiger partial charge in [-0.15, -0.1) is 0 Å². The summed E-state index contributed by atoms with van der Waals surface area (Å²) in [5, 5.41) is 17.4. The molecule has 1 atom stereocenters. The van der Waals surface area contributed by atoms with Gasteiger partial charge in [-0.1, -0.05) is 24.0 Å². The number of amides is 2. The number of likely N-dealkylation sites (N-methyl/N-ethyl adjacent to an activating group) is 1. The number of benzene rings is 2. The summed E-state index contributed by atoms with van der Waals surface area (Å²) in [4.78, 5) is 27.5. The van der Waals surface area contributed by atoms with E-state index in [4.69, 9.17) is 9.47 Å². The maximum atomic E-state index is 13.2. The molecule has 196 valence electrons. The Labute approximate surface area is 219 Å². The third-order valence-electron chi connectivity index (χ3n) is 6.58. The SMILES string of the molecule is CN1C(=O)[C@H](NC(=O)n2cc(Cc3ccc(F)cc3)cn2)COc2ccc(C#CC3(O)CCOCC3)cc21. The third kappa shape index (κ3) is 5.69. The minimum Gasteiger partial charge on any atom is -0.489 e. The van der Waals surface area contributed by atoms with Crippen LogP contribution in [0.5, 0.6) is 5.75 Å². The summed E-state index contributed by atoms with van der Waals surface area (Å²) < 4.78 is 25.4. The highest BCUT2D eigenvalue weighted by Gasteiger charge is 2.31. The number of nitrogens with zero attached hydrogens (tertiary/aromatic N) is 3. The van der Waals surface area contributed by atoms with Gasteiger partial charge in [-0.05, 0) is 41.5 Å². The summed E-state index contributed by atoms with van der Waals surface area (Å²) in [6, 6.07) is 9.79. The van der Waals surface area contributed by atoms with Crippen molar-refractivity contribution in [3.63, 3.8) is 0 Å². The molecule has 1 fully saturated rings. The first-order chi connectivity index (χ1) is 18.3. The van der Waals surface area contributed by atoms with Crippen molar-refractivity contribution in [3.05, 3.63) is 77.4 Å². The molecule has 0 spiro atoms. The van der Waals surface area contributed by atoms with Crippen LogP contribution in [0, 0.1) is 17.7 Å². The summed E-state index contributed by atoms with van der Waals surface area (Å²) in [5.41, 5.74) is 1.69. The first-order valence-electron chi connectivity index (χ1n) is 12.3. The Morgan fingerprint density at radius 3 is 2.74 bits per heavy atom. The fourth-order valence-electron chi connectivity index (χ4n) is 4.32. The first-order valence-corrected chi connectivity index (χ1v) is 12.3. The topological polar surface area (TPSA) is 106 Å². The van der Waals surface area contributed by atoms with Gasteiger partial charge in [0.05, 0.1) is 25.1 Å². The molecule has 1 saturated heterocycles. The number of fused-ring (bicyclic) bond motifs is 1. The van der Waals surface area contributed by atoms with E-state index in [0.717, 1.165) is 15.8 Å². The molecular formula is C28H27FN4O5. The fourth-order valence-corrected chi connectivity index (χ4v) is 4.32. The molecule has 38 heavy (non-hydrogen) atoms. The second-order valence-corrected chi connectivity index (χ2v) is 9.38. The number of halogens is 1. The van der Waals surface area contributed by atoms with E-state index in [9.17, 15) is 19.1 Å². The molecule has 0 unspecified atom stereocenters. The van der Waals surface area contributed by atoms with Gasteiger partial charge in [0.2, 0.25) is 0 Å². The van der Waals surface area contributed by atoms with Crippen LogP contribution in [0.15, 0.2) is 54.9 Å². The zero-order chi connectivity index (χ0) is 26.7. The van der Waals surface area contributed by atoms with Gasteiger partial charge in [-0.3, -0.25) is 4.79 Å². The molecule has 10 heteroatoms. The van der Waals surface area contributed by atoms with Gasteiger partial charge in [0.25, 0.3) is 5.91 Å². The Kier molecular flexibility index (Phi) is 7.13. The zero-order valence-corrected chi connectivity index (χ0v) is 20.8. The van der Waals surface area contributed by atoms with Crippen molar-refractivity contribution in [2.24, 2.45) is 0 Å². The van der Waals surface area contributed by atoms with Crippen molar-refractivity contribution >= 4 is 17.6 Å². The van der Waals surface area contributed by atoms with Gasteiger partial charge in [0.1, 0.15) is 29.8 Å². The van der Waals surface area contributed by atoms with Crippen molar-refractivity contribution < 1.29 is 28.6 Å². The summed E-state index contributed by atoms with van der Waals surface area (Å²) in [6.45, 7) is 0.861. The maximum Gasteiger partial charge on any atom is 0.342 e. The average Bonchev–Trinajstić information content (AvgIpc) is 3.35. The molecule has 0 bridgehead atoms. The van der Waals surface area contributed by atoms with Crippen molar-refractivity contribution in [3.8, 4) is 17.6 Å². The molecule has 1 aromatic heterocycles. The number of carbonyl (C=O) groups is 2. The van der Waals surface area contributed by atoms with Crippen LogP contribution in [0.3, 0.4) is 0 Å². The highest BCUT2D eigenvalue weighted by molar-refractivity contribution is 6.00. The summed E-state index contributed by atoms with van der Waals surface area (Å²) in [7, 11) is 1.60. The number of aliphatic hydroxyl groups is 1. The van der Waals surface area contributed by atoms with Gasteiger partial charge < -0.3 is 24.8 Å².